The number of nitrogens with zero attached hydrogens (tertiary/aromatic N) is 2. The summed E-state index contributed by atoms with van der Waals surface area (Å²) >= 11 is 6.43. The molecular formula is C16H28ClN3. The number of hydrogen-bond acceptors (Lipinski definition) is 3. The Hall–Kier alpha value is -0.770. The molecular weight excluding hydrogens is 270 g/mol. The van der Waals surface area contributed by atoms with Crippen molar-refractivity contribution in [3.8, 4) is 0 Å². The van der Waals surface area contributed by atoms with Crippen molar-refractivity contribution in [2.45, 2.75) is 32.7 Å². The molecule has 20 heavy (non-hydrogen) atoms. The summed E-state index contributed by atoms with van der Waals surface area (Å²) in [5, 5.41) is 0.829. The van der Waals surface area contributed by atoms with E-state index in [-0.39, 0.29) is 6.04 Å². The Bertz CT molecular complexity index is 405. The van der Waals surface area contributed by atoms with Gasteiger partial charge in [-0.05, 0) is 65.0 Å². The van der Waals surface area contributed by atoms with Gasteiger partial charge in [-0.1, -0.05) is 17.7 Å². The Morgan fingerprint density at radius 2 is 1.95 bits per heavy atom. The first-order valence-electron chi connectivity index (χ1n) is 7.37. The molecule has 0 radical (unpaired) electrons. The lowest BCUT2D eigenvalue weighted by molar-refractivity contribution is 0.400. The van der Waals surface area contributed by atoms with Crippen LogP contribution in [0.25, 0.3) is 0 Å². The summed E-state index contributed by atoms with van der Waals surface area (Å²) < 4.78 is 0. The summed E-state index contributed by atoms with van der Waals surface area (Å²) in [5.74, 6) is 0. The number of hydrogen-bond donors (Lipinski definition) is 1. The van der Waals surface area contributed by atoms with Crippen LogP contribution in [0.1, 0.15) is 25.8 Å². The lowest BCUT2D eigenvalue weighted by atomic mass is 10.1. The zero-order valence-electron chi connectivity index (χ0n) is 13.2. The first-order valence-corrected chi connectivity index (χ1v) is 7.75. The molecule has 1 aromatic rings. The van der Waals surface area contributed by atoms with Crippen LogP contribution in [0.2, 0.25) is 5.02 Å². The van der Waals surface area contributed by atoms with Crippen LogP contribution >= 0.6 is 11.6 Å². The van der Waals surface area contributed by atoms with E-state index in [1.54, 1.807) is 0 Å². The van der Waals surface area contributed by atoms with Crippen molar-refractivity contribution < 1.29 is 0 Å². The molecule has 114 valence electrons. The van der Waals surface area contributed by atoms with Crippen molar-refractivity contribution in [1.29, 1.82) is 0 Å². The van der Waals surface area contributed by atoms with Gasteiger partial charge in [-0.15, -0.1) is 0 Å². The monoisotopic (exact) mass is 297 g/mol. The fourth-order valence-corrected chi connectivity index (χ4v) is 2.65. The van der Waals surface area contributed by atoms with Gasteiger partial charge in [-0.2, -0.15) is 0 Å². The maximum absolute atomic E-state index is 6.43. The van der Waals surface area contributed by atoms with Crippen molar-refractivity contribution in [3.05, 3.63) is 28.8 Å². The van der Waals surface area contributed by atoms with Crippen molar-refractivity contribution in [3.63, 3.8) is 0 Å². The van der Waals surface area contributed by atoms with E-state index in [4.69, 9.17) is 17.3 Å². The minimum absolute atomic E-state index is 0.166. The van der Waals surface area contributed by atoms with E-state index in [9.17, 15) is 0 Å². The molecule has 1 aromatic carbocycles. The highest BCUT2D eigenvalue weighted by atomic mass is 35.5. The van der Waals surface area contributed by atoms with Gasteiger partial charge in [-0.3, -0.25) is 0 Å². The van der Waals surface area contributed by atoms with Gasteiger partial charge in [0.05, 0.1) is 10.7 Å². The van der Waals surface area contributed by atoms with Crippen LogP contribution < -0.4 is 10.6 Å². The Morgan fingerprint density at radius 3 is 2.45 bits per heavy atom. The standard InChI is InChI=1S/C16H28ClN3/c1-5-20(10-6-9-19(3)4)16-8-7-14(11-13(2)18)12-15(16)17/h7-8,12-13H,5-6,9-11,18H2,1-4H3. The molecule has 0 fully saturated rings. The topological polar surface area (TPSA) is 32.5 Å². The zero-order chi connectivity index (χ0) is 15.1. The summed E-state index contributed by atoms with van der Waals surface area (Å²) in [7, 11) is 4.21. The molecule has 1 rings (SSSR count). The zero-order valence-corrected chi connectivity index (χ0v) is 14.0. The third kappa shape index (κ3) is 5.70. The number of anilines is 1. The van der Waals surface area contributed by atoms with Crippen LogP contribution in [0, 0.1) is 0 Å². The van der Waals surface area contributed by atoms with Crippen molar-refractivity contribution in [2.24, 2.45) is 5.73 Å². The van der Waals surface area contributed by atoms with Crippen LogP contribution in [0.15, 0.2) is 18.2 Å². The molecule has 0 saturated heterocycles. The second-order valence-corrected chi connectivity index (χ2v) is 6.11. The molecule has 0 bridgehead atoms. The second-order valence-electron chi connectivity index (χ2n) is 5.70. The fraction of sp³-hybridized carbons (Fsp3) is 0.625. The number of benzene rings is 1. The molecule has 0 aliphatic heterocycles. The first kappa shape index (κ1) is 17.3. The van der Waals surface area contributed by atoms with E-state index >= 15 is 0 Å². The number of rotatable bonds is 8. The molecule has 0 aromatic heterocycles. The molecule has 2 N–H and O–H groups in total. The van der Waals surface area contributed by atoms with E-state index in [1.165, 1.54) is 5.56 Å². The van der Waals surface area contributed by atoms with Crippen molar-refractivity contribution >= 4 is 17.3 Å². The molecule has 0 aliphatic carbocycles. The smallest absolute Gasteiger partial charge is 0.0642 e. The Kier molecular flexibility index (Phi) is 7.35. The van der Waals surface area contributed by atoms with Crippen LogP contribution in [-0.2, 0) is 6.42 Å². The van der Waals surface area contributed by atoms with Gasteiger partial charge < -0.3 is 15.5 Å². The highest BCUT2D eigenvalue weighted by molar-refractivity contribution is 6.33. The summed E-state index contributed by atoms with van der Waals surface area (Å²) in [6.07, 6.45) is 2.01. The van der Waals surface area contributed by atoms with Crippen molar-refractivity contribution in [1.82, 2.24) is 4.90 Å². The molecule has 1 unspecified atom stereocenters. The summed E-state index contributed by atoms with van der Waals surface area (Å²) in [6, 6.07) is 6.48. The molecule has 1 atom stereocenters. The second kappa shape index (κ2) is 8.50. The van der Waals surface area contributed by atoms with Gasteiger partial charge in [0.25, 0.3) is 0 Å². The normalized spacial score (nSPS) is 12.8. The minimum Gasteiger partial charge on any atom is -0.371 e. The van der Waals surface area contributed by atoms with Crippen LogP contribution in [0.3, 0.4) is 0 Å². The van der Waals surface area contributed by atoms with Gasteiger partial charge in [0.1, 0.15) is 0 Å². The molecule has 4 heteroatoms. The van der Waals surface area contributed by atoms with Gasteiger partial charge in [0, 0.05) is 19.1 Å². The largest absolute Gasteiger partial charge is 0.371 e. The Balaban J connectivity index is 2.72. The maximum atomic E-state index is 6.43. The first-order chi connectivity index (χ1) is 9.43. The Morgan fingerprint density at radius 1 is 1.25 bits per heavy atom. The molecule has 0 amide bonds. The summed E-state index contributed by atoms with van der Waals surface area (Å²) in [5.41, 5.74) is 8.17. The third-order valence-corrected chi connectivity index (χ3v) is 3.63. The SMILES string of the molecule is CCN(CCCN(C)C)c1ccc(CC(C)N)cc1Cl. The molecule has 3 nitrogen and oxygen atoms in total. The van der Waals surface area contributed by atoms with Crippen LogP contribution in [0.4, 0.5) is 5.69 Å². The van der Waals surface area contributed by atoms with E-state index in [0.717, 1.165) is 43.2 Å². The number of halogens is 1. The van der Waals surface area contributed by atoms with E-state index < -0.39 is 0 Å². The average Bonchev–Trinajstić information content (AvgIpc) is 2.34. The molecule has 0 spiro atoms. The lowest BCUT2D eigenvalue weighted by Gasteiger charge is -2.25. The van der Waals surface area contributed by atoms with Gasteiger partial charge in [-0.25, -0.2) is 0 Å². The summed E-state index contributed by atoms with van der Waals surface area (Å²) in [4.78, 5) is 4.54. The molecule has 0 heterocycles. The predicted octanol–water partition coefficient (Wildman–Crippen LogP) is 3.01. The third-order valence-electron chi connectivity index (χ3n) is 3.33. The summed E-state index contributed by atoms with van der Waals surface area (Å²) in [6.45, 7) is 7.28. The van der Waals surface area contributed by atoms with Crippen LogP contribution in [-0.4, -0.2) is 44.7 Å². The van der Waals surface area contributed by atoms with Crippen molar-refractivity contribution in [2.75, 3.05) is 38.6 Å². The fourth-order valence-electron chi connectivity index (χ4n) is 2.33. The molecule has 0 saturated carbocycles. The highest BCUT2D eigenvalue weighted by Crippen LogP contribution is 2.27. The lowest BCUT2D eigenvalue weighted by Crippen LogP contribution is -2.27. The highest BCUT2D eigenvalue weighted by Gasteiger charge is 2.10. The maximum Gasteiger partial charge on any atom is 0.0642 e. The minimum atomic E-state index is 0.166. The average molecular weight is 298 g/mol. The van der Waals surface area contributed by atoms with Gasteiger partial charge >= 0.3 is 0 Å². The predicted molar refractivity (Wildman–Crippen MR) is 89.9 cm³/mol. The van der Waals surface area contributed by atoms with Crippen LogP contribution in [0.5, 0.6) is 0 Å². The number of nitrogens with two attached hydrogens (primary N) is 1. The van der Waals surface area contributed by atoms with E-state index in [1.807, 2.05) is 6.92 Å². The Labute approximate surface area is 128 Å². The van der Waals surface area contributed by atoms with E-state index in [2.05, 4.69) is 49.0 Å². The van der Waals surface area contributed by atoms with E-state index in [0.29, 0.717) is 0 Å². The van der Waals surface area contributed by atoms with Gasteiger partial charge in [0.15, 0.2) is 0 Å². The van der Waals surface area contributed by atoms with Gasteiger partial charge in [0.2, 0.25) is 0 Å². The molecule has 0 aliphatic rings. The quantitative estimate of drug-likeness (QED) is 0.800.